The molecule has 0 spiro atoms. The fourth-order valence-corrected chi connectivity index (χ4v) is 3.44. The smallest absolute Gasteiger partial charge is 0.194 e. The van der Waals surface area contributed by atoms with Gasteiger partial charge in [0.1, 0.15) is 18.1 Å². The summed E-state index contributed by atoms with van der Waals surface area (Å²) in [5.74, 6) is 3.80. The number of aryl methyl sites for hydroxylation is 1. The van der Waals surface area contributed by atoms with E-state index in [0.29, 0.717) is 13.1 Å². The van der Waals surface area contributed by atoms with Crippen molar-refractivity contribution in [2.75, 3.05) is 20.7 Å². The largest absolute Gasteiger partial charge is 0.496 e. The van der Waals surface area contributed by atoms with Gasteiger partial charge in [-0.3, -0.25) is 0 Å². The van der Waals surface area contributed by atoms with Crippen LogP contribution in [0.3, 0.4) is 0 Å². The van der Waals surface area contributed by atoms with Crippen LogP contribution in [0.4, 0.5) is 0 Å². The second-order valence-electron chi connectivity index (χ2n) is 6.83. The summed E-state index contributed by atoms with van der Waals surface area (Å²) < 4.78 is 7.72. The van der Waals surface area contributed by atoms with Crippen LogP contribution in [0.25, 0.3) is 0 Å². The van der Waals surface area contributed by atoms with E-state index in [9.17, 15) is 0 Å². The monoisotopic (exact) mass is 498 g/mol. The highest BCUT2D eigenvalue weighted by atomic mass is 127. The van der Waals surface area contributed by atoms with Crippen molar-refractivity contribution in [2.24, 2.45) is 4.99 Å². The van der Waals surface area contributed by atoms with E-state index in [0.717, 1.165) is 48.4 Å². The number of methoxy groups -OCH3 is 1. The Morgan fingerprint density at radius 3 is 2.86 bits per heavy atom. The highest BCUT2D eigenvalue weighted by molar-refractivity contribution is 14.0. The summed E-state index contributed by atoms with van der Waals surface area (Å²) in [4.78, 5) is 6.93. The number of aliphatic imine (C=N–C) groups is 1. The molecule has 0 radical (unpaired) electrons. The molecule has 3 rings (SSSR count). The van der Waals surface area contributed by atoms with Crippen molar-refractivity contribution >= 4 is 29.9 Å². The molecule has 0 atom stereocenters. The van der Waals surface area contributed by atoms with E-state index in [1.165, 1.54) is 19.3 Å². The van der Waals surface area contributed by atoms with Gasteiger partial charge in [0, 0.05) is 38.7 Å². The third-order valence-corrected chi connectivity index (χ3v) is 4.85. The van der Waals surface area contributed by atoms with Crippen LogP contribution in [0, 0.1) is 0 Å². The van der Waals surface area contributed by atoms with E-state index >= 15 is 0 Å². The van der Waals surface area contributed by atoms with Gasteiger partial charge in [-0.15, -0.1) is 34.2 Å². The topological polar surface area (TPSA) is 67.6 Å². The number of aromatic nitrogens is 3. The van der Waals surface area contributed by atoms with Crippen LogP contribution >= 0.6 is 24.0 Å². The summed E-state index contributed by atoms with van der Waals surface area (Å²) in [6, 6.07) is 8.08. The number of ether oxygens (including phenoxy) is 1. The van der Waals surface area contributed by atoms with Crippen LogP contribution < -0.4 is 10.1 Å². The first-order valence-electron chi connectivity index (χ1n) is 9.75. The normalized spacial score (nSPS) is 13.9. The first-order valence-corrected chi connectivity index (χ1v) is 9.75. The molecule has 0 unspecified atom stereocenters. The summed E-state index contributed by atoms with van der Waals surface area (Å²) in [5, 5.41) is 12.1. The van der Waals surface area contributed by atoms with E-state index in [4.69, 9.17) is 9.73 Å². The molecule has 0 saturated carbocycles. The maximum atomic E-state index is 5.47. The zero-order valence-electron chi connectivity index (χ0n) is 17.0. The molecule has 1 aliphatic heterocycles. The van der Waals surface area contributed by atoms with Crippen molar-refractivity contribution in [3.63, 3.8) is 0 Å². The molecule has 0 amide bonds. The molecule has 1 aromatic carbocycles. The van der Waals surface area contributed by atoms with E-state index in [-0.39, 0.29) is 24.0 Å². The number of halogens is 1. The summed E-state index contributed by atoms with van der Waals surface area (Å²) >= 11 is 0. The fraction of sp³-hybridized carbons (Fsp3) is 0.550. The molecule has 2 heterocycles. The van der Waals surface area contributed by atoms with Crippen LogP contribution in [-0.4, -0.2) is 46.3 Å². The lowest BCUT2D eigenvalue weighted by molar-refractivity contribution is 0.396. The predicted molar refractivity (Wildman–Crippen MR) is 122 cm³/mol. The van der Waals surface area contributed by atoms with Crippen LogP contribution in [0.2, 0.25) is 0 Å². The van der Waals surface area contributed by atoms with Crippen molar-refractivity contribution in [2.45, 2.75) is 52.2 Å². The highest BCUT2D eigenvalue weighted by Gasteiger charge is 2.15. The van der Waals surface area contributed by atoms with Gasteiger partial charge in [0.2, 0.25) is 0 Å². The molecule has 0 aliphatic carbocycles. The Morgan fingerprint density at radius 1 is 1.25 bits per heavy atom. The van der Waals surface area contributed by atoms with Gasteiger partial charge in [-0.05, 0) is 25.8 Å². The van der Waals surface area contributed by atoms with Crippen LogP contribution in [0.15, 0.2) is 29.3 Å². The van der Waals surface area contributed by atoms with Crippen LogP contribution in [0.1, 0.15) is 43.4 Å². The Balaban J connectivity index is 0.00000280. The number of nitrogens with zero attached hydrogens (tertiary/aromatic N) is 5. The summed E-state index contributed by atoms with van der Waals surface area (Å²) in [5.41, 5.74) is 1.13. The van der Waals surface area contributed by atoms with E-state index in [1.54, 1.807) is 7.11 Å². The minimum Gasteiger partial charge on any atom is -0.496 e. The molecular weight excluding hydrogens is 467 g/mol. The van der Waals surface area contributed by atoms with Gasteiger partial charge in [-0.1, -0.05) is 24.6 Å². The van der Waals surface area contributed by atoms with Crippen molar-refractivity contribution in [3.8, 4) is 5.75 Å². The molecule has 28 heavy (non-hydrogen) atoms. The molecule has 7 nitrogen and oxygen atoms in total. The number of nitrogens with one attached hydrogen (secondary N) is 1. The predicted octanol–water partition coefficient (Wildman–Crippen LogP) is 3.23. The molecule has 0 fully saturated rings. The lowest BCUT2D eigenvalue weighted by Gasteiger charge is -2.23. The number of benzene rings is 1. The highest BCUT2D eigenvalue weighted by Crippen LogP contribution is 2.19. The minimum absolute atomic E-state index is 0. The lowest BCUT2D eigenvalue weighted by Crippen LogP contribution is -2.38. The molecule has 1 aliphatic rings. The zero-order valence-corrected chi connectivity index (χ0v) is 19.3. The van der Waals surface area contributed by atoms with Gasteiger partial charge in [0.15, 0.2) is 11.8 Å². The number of para-hydroxylation sites is 1. The molecule has 8 heteroatoms. The summed E-state index contributed by atoms with van der Waals surface area (Å²) in [6.45, 7) is 5.14. The average Bonchev–Trinajstić information content (AvgIpc) is 2.91. The number of rotatable bonds is 6. The molecule has 1 aromatic heterocycles. The summed E-state index contributed by atoms with van der Waals surface area (Å²) in [6.07, 6.45) is 4.67. The molecule has 1 N–H and O–H groups in total. The second kappa shape index (κ2) is 11.2. The van der Waals surface area contributed by atoms with Gasteiger partial charge in [-0.2, -0.15) is 0 Å². The molecule has 2 aromatic rings. The summed E-state index contributed by atoms with van der Waals surface area (Å²) in [7, 11) is 3.74. The number of guanidine groups is 1. The van der Waals surface area contributed by atoms with Crippen LogP contribution in [-0.2, 0) is 26.1 Å². The Hall–Kier alpha value is -1.84. The third-order valence-electron chi connectivity index (χ3n) is 4.85. The first-order chi connectivity index (χ1) is 13.2. The number of fused-ring (bicyclic) bond motifs is 1. The fourth-order valence-electron chi connectivity index (χ4n) is 3.44. The SMILES string of the molecule is CCNC(=NCc1nnc2n1CCCCC2)N(C)Cc1ccccc1OC.I. The second-order valence-corrected chi connectivity index (χ2v) is 6.83. The maximum absolute atomic E-state index is 5.47. The molecule has 154 valence electrons. The molecule has 0 bridgehead atoms. The Morgan fingerprint density at radius 2 is 2.07 bits per heavy atom. The van der Waals surface area contributed by atoms with Gasteiger partial charge in [-0.25, -0.2) is 4.99 Å². The molecule has 0 saturated heterocycles. The maximum Gasteiger partial charge on any atom is 0.194 e. The van der Waals surface area contributed by atoms with Gasteiger partial charge >= 0.3 is 0 Å². The number of hydrogen-bond donors (Lipinski definition) is 1. The average molecular weight is 498 g/mol. The minimum atomic E-state index is 0. The van der Waals surface area contributed by atoms with Crippen LogP contribution in [0.5, 0.6) is 5.75 Å². The third kappa shape index (κ3) is 5.59. The Labute approximate surface area is 184 Å². The lowest BCUT2D eigenvalue weighted by atomic mass is 10.2. The molecular formula is C20H31IN6O. The van der Waals surface area contributed by atoms with Gasteiger partial charge < -0.3 is 19.5 Å². The quantitative estimate of drug-likeness (QED) is 0.377. The van der Waals surface area contributed by atoms with Gasteiger partial charge in [0.25, 0.3) is 0 Å². The van der Waals surface area contributed by atoms with Crippen molar-refractivity contribution in [3.05, 3.63) is 41.5 Å². The zero-order chi connectivity index (χ0) is 19.1. The van der Waals surface area contributed by atoms with E-state index < -0.39 is 0 Å². The van der Waals surface area contributed by atoms with Crippen molar-refractivity contribution < 1.29 is 4.74 Å². The van der Waals surface area contributed by atoms with Crippen molar-refractivity contribution in [1.29, 1.82) is 0 Å². The van der Waals surface area contributed by atoms with E-state index in [1.807, 2.05) is 25.2 Å². The van der Waals surface area contributed by atoms with Crippen molar-refractivity contribution in [1.82, 2.24) is 25.0 Å². The van der Waals surface area contributed by atoms with E-state index in [2.05, 4.69) is 38.0 Å². The number of hydrogen-bond acceptors (Lipinski definition) is 4. The van der Waals surface area contributed by atoms with Gasteiger partial charge in [0.05, 0.1) is 7.11 Å². The standard InChI is InChI=1S/C20H30N6O.HI/c1-4-21-20(25(2)15-16-10-7-8-11-17(16)27-3)22-14-19-24-23-18-12-6-5-9-13-26(18)19;/h7-8,10-11H,4-6,9,12-15H2,1-3H3,(H,21,22);1H. The Kier molecular flexibility index (Phi) is 9.01. The first kappa shape index (κ1) is 22.4. The Bertz CT molecular complexity index is 776.